The maximum atomic E-state index is 13.3. The highest BCUT2D eigenvalue weighted by atomic mass is 16.7. The summed E-state index contributed by atoms with van der Waals surface area (Å²) in [5.41, 5.74) is 3.19. The number of aryl methyl sites for hydroxylation is 2. The number of hydrogen-bond donors (Lipinski definition) is 1. The molecule has 0 saturated carbocycles. The van der Waals surface area contributed by atoms with Crippen LogP contribution in [0.1, 0.15) is 29.9 Å². The summed E-state index contributed by atoms with van der Waals surface area (Å²) < 4.78 is 13.7. The van der Waals surface area contributed by atoms with E-state index in [9.17, 15) is 9.59 Å². The number of nitrogens with zero attached hydrogens (tertiary/aromatic N) is 4. The van der Waals surface area contributed by atoms with Crippen LogP contribution < -0.4 is 20.3 Å². The lowest BCUT2D eigenvalue weighted by atomic mass is 10.2. The Morgan fingerprint density at radius 1 is 1.09 bits per heavy atom. The van der Waals surface area contributed by atoms with Gasteiger partial charge in [0.05, 0.1) is 22.5 Å². The van der Waals surface area contributed by atoms with Crippen LogP contribution in [0.5, 0.6) is 11.5 Å². The summed E-state index contributed by atoms with van der Waals surface area (Å²) in [4.78, 5) is 26.2. The minimum atomic E-state index is -0.797. The van der Waals surface area contributed by atoms with E-state index >= 15 is 0 Å². The van der Waals surface area contributed by atoms with Gasteiger partial charge in [0.25, 0.3) is 5.56 Å². The standard InChI is InChI=1S/C24H23N5O4/c1-14-22-21(15(2)28(27-22)18-7-5-4-6-8-18)24(31)29(26-14)16(3)23(30)25-12-17-9-10-19-20(11-17)33-13-32-19/h4-11,16H,12-13H2,1-3H3,(H,25,30). The van der Waals surface area contributed by atoms with Gasteiger partial charge in [-0.2, -0.15) is 10.2 Å². The summed E-state index contributed by atoms with van der Waals surface area (Å²) in [5.74, 6) is 1.03. The molecule has 3 heterocycles. The van der Waals surface area contributed by atoms with Gasteiger partial charge in [0.2, 0.25) is 12.7 Å². The molecule has 9 heteroatoms. The first-order valence-corrected chi connectivity index (χ1v) is 10.6. The Bertz CT molecular complexity index is 1420. The smallest absolute Gasteiger partial charge is 0.278 e. The Balaban J connectivity index is 1.43. The fourth-order valence-electron chi connectivity index (χ4n) is 3.96. The highest BCUT2D eigenvalue weighted by Gasteiger charge is 2.23. The number of carbonyl (C=O) groups excluding carboxylic acids is 1. The van der Waals surface area contributed by atoms with Crippen molar-refractivity contribution in [3.8, 4) is 17.2 Å². The molecular formula is C24H23N5O4. The molecular weight excluding hydrogens is 422 g/mol. The van der Waals surface area contributed by atoms with Crippen molar-refractivity contribution in [3.63, 3.8) is 0 Å². The van der Waals surface area contributed by atoms with Gasteiger partial charge in [0.1, 0.15) is 11.6 Å². The van der Waals surface area contributed by atoms with Gasteiger partial charge in [-0.15, -0.1) is 0 Å². The Morgan fingerprint density at radius 2 is 1.85 bits per heavy atom. The van der Waals surface area contributed by atoms with Gasteiger partial charge in [-0.25, -0.2) is 9.36 Å². The first kappa shape index (κ1) is 20.7. The van der Waals surface area contributed by atoms with Crippen molar-refractivity contribution in [3.05, 3.63) is 75.8 Å². The number of amides is 1. The predicted octanol–water partition coefficient (Wildman–Crippen LogP) is 2.81. The first-order chi connectivity index (χ1) is 15.9. The first-order valence-electron chi connectivity index (χ1n) is 10.6. The molecule has 0 radical (unpaired) electrons. The van der Waals surface area contributed by atoms with Gasteiger partial charge < -0.3 is 14.8 Å². The minimum absolute atomic E-state index is 0.193. The fraction of sp³-hybridized carbons (Fsp3) is 0.250. The van der Waals surface area contributed by atoms with Crippen LogP contribution in [0.4, 0.5) is 0 Å². The third kappa shape index (κ3) is 3.61. The normalized spacial score (nSPS) is 13.3. The zero-order valence-corrected chi connectivity index (χ0v) is 18.5. The molecule has 9 nitrogen and oxygen atoms in total. The average Bonchev–Trinajstić information content (AvgIpc) is 3.44. The lowest BCUT2D eigenvalue weighted by molar-refractivity contribution is -0.124. The SMILES string of the molecule is Cc1nn(C(C)C(=O)NCc2ccc3c(c2)OCO3)c(=O)c2c(C)n(-c3ccccc3)nc12. The topological polar surface area (TPSA) is 100 Å². The van der Waals surface area contributed by atoms with Crippen molar-refractivity contribution in [1.82, 2.24) is 24.9 Å². The van der Waals surface area contributed by atoms with Crippen LogP contribution in [0.3, 0.4) is 0 Å². The van der Waals surface area contributed by atoms with Crippen molar-refractivity contribution < 1.29 is 14.3 Å². The quantitative estimate of drug-likeness (QED) is 0.507. The van der Waals surface area contributed by atoms with Crippen LogP contribution in [-0.4, -0.2) is 32.3 Å². The fourth-order valence-corrected chi connectivity index (χ4v) is 3.96. The number of hydrogen-bond acceptors (Lipinski definition) is 6. The molecule has 168 valence electrons. The molecule has 0 fully saturated rings. The predicted molar refractivity (Wildman–Crippen MR) is 122 cm³/mol. The van der Waals surface area contributed by atoms with E-state index < -0.39 is 6.04 Å². The monoisotopic (exact) mass is 445 g/mol. The molecule has 2 aromatic carbocycles. The van der Waals surface area contributed by atoms with Gasteiger partial charge in [-0.1, -0.05) is 24.3 Å². The molecule has 1 N–H and O–H groups in total. The number of nitrogens with one attached hydrogen (secondary N) is 1. The zero-order chi connectivity index (χ0) is 23.1. The molecule has 1 amide bonds. The van der Waals surface area contributed by atoms with Crippen LogP contribution in [-0.2, 0) is 11.3 Å². The van der Waals surface area contributed by atoms with Crippen LogP contribution in [0.25, 0.3) is 16.6 Å². The highest BCUT2D eigenvalue weighted by molar-refractivity contribution is 5.84. The lowest BCUT2D eigenvalue weighted by Crippen LogP contribution is -2.37. The third-order valence-electron chi connectivity index (χ3n) is 5.79. The van der Waals surface area contributed by atoms with E-state index in [1.54, 1.807) is 18.5 Å². The second kappa shape index (κ2) is 8.09. The molecule has 0 aliphatic carbocycles. The summed E-state index contributed by atoms with van der Waals surface area (Å²) in [6.45, 7) is 5.78. The van der Waals surface area contributed by atoms with Crippen molar-refractivity contribution in [2.24, 2.45) is 0 Å². The van der Waals surface area contributed by atoms with Crippen LogP contribution >= 0.6 is 0 Å². The number of carbonyl (C=O) groups is 1. The van der Waals surface area contributed by atoms with E-state index in [1.165, 1.54) is 4.68 Å². The Kier molecular flexibility index (Phi) is 5.08. The Hall–Kier alpha value is -4.14. The highest BCUT2D eigenvalue weighted by Crippen LogP contribution is 2.32. The van der Waals surface area contributed by atoms with Crippen molar-refractivity contribution in [1.29, 1.82) is 0 Å². The largest absolute Gasteiger partial charge is 0.454 e. The zero-order valence-electron chi connectivity index (χ0n) is 18.5. The Morgan fingerprint density at radius 3 is 2.64 bits per heavy atom. The minimum Gasteiger partial charge on any atom is -0.454 e. The molecule has 33 heavy (non-hydrogen) atoms. The second-order valence-electron chi connectivity index (χ2n) is 7.97. The van der Waals surface area contributed by atoms with Gasteiger partial charge in [0.15, 0.2) is 11.5 Å². The number of benzene rings is 2. The van der Waals surface area contributed by atoms with Crippen LogP contribution in [0, 0.1) is 13.8 Å². The molecule has 2 aromatic heterocycles. The summed E-state index contributed by atoms with van der Waals surface area (Å²) in [6.07, 6.45) is 0. The summed E-state index contributed by atoms with van der Waals surface area (Å²) in [5, 5.41) is 12.3. The second-order valence-corrected chi connectivity index (χ2v) is 7.97. The van der Waals surface area contributed by atoms with Crippen molar-refractivity contribution in [2.45, 2.75) is 33.4 Å². The molecule has 1 unspecified atom stereocenters. The molecule has 1 atom stereocenters. The van der Waals surface area contributed by atoms with Gasteiger partial charge >= 0.3 is 0 Å². The lowest BCUT2D eigenvalue weighted by Gasteiger charge is -2.15. The third-order valence-corrected chi connectivity index (χ3v) is 5.79. The van der Waals surface area contributed by atoms with Gasteiger partial charge in [-0.3, -0.25) is 9.59 Å². The number of rotatable bonds is 5. The molecule has 1 aliphatic rings. The van der Waals surface area contributed by atoms with Crippen molar-refractivity contribution in [2.75, 3.05) is 6.79 Å². The van der Waals surface area contributed by atoms with E-state index in [0.29, 0.717) is 40.3 Å². The van der Waals surface area contributed by atoms with E-state index in [-0.39, 0.29) is 18.3 Å². The number of aromatic nitrogens is 4. The van der Waals surface area contributed by atoms with E-state index in [2.05, 4.69) is 15.5 Å². The van der Waals surface area contributed by atoms with E-state index in [0.717, 1.165) is 11.3 Å². The molecule has 0 bridgehead atoms. The van der Waals surface area contributed by atoms with Crippen LogP contribution in [0.2, 0.25) is 0 Å². The molecule has 5 rings (SSSR count). The summed E-state index contributed by atoms with van der Waals surface area (Å²) in [7, 11) is 0. The Labute approximate surface area is 189 Å². The van der Waals surface area contributed by atoms with E-state index in [1.807, 2.05) is 55.5 Å². The maximum absolute atomic E-state index is 13.3. The molecule has 0 saturated heterocycles. The summed E-state index contributed by atoms with van der Waals surface area (Å²) in [6, 6.07) is 14.3. The molecule has 0 spiro atoms. The number of para-hydroxylation sites is 1. The summed E-state index contributed by atoms with van der Waals surface area (Å²) >= 11 is 0. The van der Waals surface area contributed by atoms with Gasteiger partial charge in [-0.05, 0) is 50.6 Å². The van der Waals surface area contributed by atoms with Crippen LogP contribution in [0.15, 0.2) is 53.3 Å². The molecule has 4 aromatic rings. The average molecular weight is 445 g/mol. The van der Waals surface area contributed by atoms with Crippen molar-refractivity contribution >= 4 is 16.8 Å². The molecule has 1 aliphatic heterocycles. The number of fused-ring (bicyclic) bond motifs is 2. The van der Waals surface area contributed by atoms with Gasteiger partial charge in [0, 0.05) is 6.54 Å². The number of ether oxygens (including phenoxy) is 2. The maximum Gasteiger partial charge on any atom is 0.278 e. The van der Waals surface area contributed by atoms with E-state index in [4.69, 9.17) is 9.47 Å².